The van der Waals surface area contributed by atoms with Crippen molar-refractivity contribution in [2.75, 3.05) is 0 Å². The number of carbonyl (C=O) groups excluding carboxylic acids is 1. The molecule has 6 heteroatoms. The molecule has 1 aromatic carbocycles. The van der Waals surface area contributed by atoms with Crippen molar-refractivity contribution >= 4 is 49.1 Å². The van der Waals surface area contributed by atoms with E-state index in [9.17, 15) is 4.79 Å². The van der Waals surface area contributed by atoms with Crippen LogP contribution in [-0.4, -0.2) is 17.5 Å². The summed E-state index contributed by atoms with van der Waals surface area (Å²) >= 11 is 2.59. The summed E-state index contributed by atoms with van der Waals surface area (Å²) in [6, 6.07) is 7.24. The van der Waals surface area contributed by atoms with E-state index in [0.717, 1.165) is 5.56 Å². The maximum atomic E-state index is 11.6. The van der Waals surface area contributed by atoms with Crippen molar-refractivity contribution in [3.8, 4) is 0 Å². The molecule has 17 heavy (non-hydrogen) atoms. The van der Waals surface area contributed by atoms with Crippen LogP contribution >= 0.6 is 31.6 Å². The summed E-state index contributed by atoms with van der Waals surface area (Å²) in [5.41, 5.74) is 0.906. The van der Waals surface area contributed by atoms with Gasteiger partial charge < -0.3 is 0 Å². The fraction of sp³-hybridized carbons (Fsp3) is 0.364. The molecular formula is C11H11Cl3GeO2. The van der Waals surface area contributed by atoms with Crippen molar-refractivity contribution in [3.63, 3.8) is 0 Å². The fourth-order valence-electron chi connectivity index (χ4n) is 1.99. The van der Waals surface area contributed by atoms with E-state index in [1.807, 2.05) is 12.1 Å². The summed E-state index contributed by atoms with van der Waals surface area (Å²) in [6.45, 7) is 1.55. The summed E-state index contributed by atoms with van der Waals surface area (Å²) in [6.07, 6.45) is -0.320. The number of Topliss-reactive ketones (excluding diaryl/α,β-unsaturated/α-hetero) is 1. The topological polar surface area (TPSA) is 26.3 Å². The van der Waals surface area contributed by atoms with Gasteiger partial charge in [0.05, 0.1) is 0 Å². The van der Waals surface area contributed by atoms with Crippen LogP contribution in [0, 0.1) is 5.92 Å². The molecule has 1 fully saturated rings. The van der Waals surface area contributed by atoms with Gasteiger partial charge >= 0.3 is 117 Å². The summed E-state index contributed by atoms with van der Waals surface area (Å²) in [4.78, 5) is 11.6. The molecule has 1 aliphatic heterocycles. The molecule has 1 aromatic rings. The van der Waals surface area contributed by atoms with Crippen LogP contribution in [0.5, 0.6) is 0 Å². The molecule has 0 aromatic heterocycles. The van der Waals surface area contributed by atoms with Crippen LogP contribution in [0.1, 0.15) is 18.6 Å². The first-order valence-electron chi connectivity index (χ1n) is 5.20. The Hall–Kier alpha value is 0.263. The average molecular weight is 354 g/mol. The van der Waals surface area contributed by atoms with Crippen LogP contribution in [-0.2, 0) is 8.56 Å². The Kier molecular flexibility index (Phi) is 4.10. The van der Waals surface area contributed by atoms with Gasteiger partial charge in [0.25, 0.3) is 0 Å². The van der Waals surface area contributed by atoms with E-state index in [2.05, 4.69) is 0 Å². The fourth-order valence-corrected chi connectivity index (χ4v) is 8.58. The Morgan fingerprint density at radius 1 is 1.35 bits per heavy atom. The summed E-state index contributed by atoms with van der Waals surface area (Å²) in [5, 5.41) is 1.14. The van der Waals surface area contributed by atoms with E-state index >= 15 is 0 Å². The van der Waals surface area contributed by atoms with Crippen LogP contribution in [0.3, 0.4) is 0 Å². The third-order valence-corrected chi connectivity index (χ3v) is 8.80. The van der Waals surface area contributed by atoms with Gasteiger partial charge in [-0.05, 0) is 0 Å². The van der Waals surface area contributed by atoms with Crippen molar-refractivity contribution in [1.29, 1.82) is 0 Å². The van der Waals surface area contributed by atoms with E-state index in [1.165, 1.54) is 0 Å². The molecule has 0 radical (unpaired) electrons. The van der Waals surface area contributed by atoms with Gasteiger partial charge in [-0.15, -0.1) is 0 Å². The molecule has 1 heterocycles. The molecule has 0 bridgehead atoms. The van der Waals surface area contributed by atoms with Crippen molar-refractivity contribution in [2.45, 2.75) is 18.3 Å². The minimum atomic E-state index is -3.24. The van der Waals surface area contributed by atoms with Crippen LogP contribution in [0.25, 0.3) is 0 Å². The molecule has 2 rings (SSSR count). The third-order valence-electron chi connectivity index (χ3n) is 2.84. The van der Waals surface area contributed by atoms with Gasteiger partial charge in [0.2, 0.25) is 0 Å². The summed E-state index contributed by atoms with van der Waals surface area (Å²) < 4.78 is 5.70. The maximum absolute atomic E-state index is 11.6. The normalized spacial score (nSPS) is 27.1. The second kappa shape index (κ2) is 5.10. The van der Waals surface area contributed by atoms with E-state index in [-0.39, 0.29) is 17.8 Å². The van der Waals surface area contributed by atoms with Crippen molar-refractivity contribution in [2.24, 2.45) is 5.92 Å². The molecule has 0 saturated carbocycles. The molecule has 2 atom stereocenters. The number of halogens is 3. The van der Waals surface area contributed by atoms with Crippen LogP contribution in [0.4, 0.5) is 0 Å². The van der Waals surface area contributed by atoms with Gasteiger partial charge in [-0.25, -0.2) is 0 Å². The first-order chi connectivity index (χ1) is 7.89. The Balaban J connectivity index is 2.30. The number of ketones is 1. The number of benzene rings is 1. The monoisotopic (exact) mass is 354 g/mol. The number of hydrogen-bond acceptors (Lipinski definition) is 2. The van der Waals surface area contributed by atoms with Gasteiger partial charge in [-0.3, -0.25) is 0 Å². The van der Waals surface area contributed by atoms with Crippen LogP contribution in [0.2, 0.25) is 10.3 Å². The predicted octanol–water partition coefficient (Wildman–Crippen LogP) is 4.03. The van der Waals surface area contributed by atoms with E-state index in [1.54, 1.807) is 19.1 Å². The van der Waals surface area contributed by atoms with Crippen molar-refractivity contribution in [3.05, 3.63) is 34.9 Å². The predicted molar refractivity (Wildman–Crippen MR) is 71.7 cm³/mol. The first kappa shape index (κ1) is 13.7. The third kappa shape index (κ3) is 3.18. The van der Waals surface area contributed by atoms with Gasteiger partial charge in [-0.2, -0.15) is 0 Å². The number of hydrogen-bond donors (Lipinski definition) is 0. The molecule has 2 nitrogen and oxygen atoms in total. The Labute approximate surface area is 116 Å². The van der Waals surface area contributed by atoms with Crippen LogP contribution in [0.15, 0.2) is 24.3 Å². The van der Waals surface area contributed by atoms with Gasteiger partial charge in [0.1, 0.15) is 0 Å². The molecule has 92 valence electrons. The van der Waals surface area contributed by atoms with E-state index in [0.29, 0.717) is 10.3 Å². The summed E-state index contributed by atoms with van der Waals surface area (Å²) in [7, 11) is 12.3. The molecular weight excluding hydrogens is 343 g/mol. The number of carbonyl (C=O) groups is 1. The van der Waals surface area contributed by atoms with E-state index in [4.69, 9.17) is 35.4 Å². The first-order valence-corrected chi connectivity index (χ1v) is 13.4. The molecule has 0 spiro atoms. The van der Waals surface area contributed by atoms with E-state index < -0.39 is 11.7 Å². The van der Waals surface area contributed by atoms with Crippen molar-refractivity contribution in [1.82, 2.24) is 0 Å². The Morgan fingerprint density at radius 2 is 1.94 bits per heavy atom. The minimum absolute atomic E-state index is 0.0683. The molecule has 1 saturated heterocycles. The second-order valence-electron chi connectivity index (χ2n) is 4.15. The Morgan fingerprint density at radius 3 is 2.47 bits per heavy atom. The van der Waals surface area contributed by atoms with Gasteiger partial charge in [-0.1, -0.05) is 0 Å². The molecule has 0 unspecified atom stereocenters. The number of rotatable bonds is 2. The molecule has 0 amide bonds. The second-order valence-corrected chi connectivity index (χ2v) is 16.0. The molecule has 0 N–H and O–H groups in total. The zero-order chi connectivity index (χ0) is 12.6. The van der Waals surface area contributed by atoms with Crippen molar-refractivity contribution < 1.29 is 8.56 Å². The molecule has 0 aliphatic carbocycles. The molecule has 1 aliphatic rings. The SMILES string of the molecule is CC(=O)[C@H]1[CH2][Ge]([Cl])([Cl])[O][C@H]1c1ccc(Cl)cc1. The Bertz CT molecular complexity index is 433. The zero-order valence-electron chi connectivity index (χ0n) is 9.12. The van der Waals surface area contributed by atoms with Gasteiger partial charge in [0, 0.05) is 0 Å². The van der Waals surface area contributed by atoms with Gasteiger partial charge in [0.15, 0.2) is 0 Å². The average Bonchev–Trinajstić information content (AvgIpc) is 2.56. The standard InChI is InChI=1S/C11H11Cl3GeO2/c1-7(16)10-6-15(13,14)17-11(10)8-2-4-9(12)5-3-8/h2-5,10-11H,6H2,1H3/t10-,11+/m1/s1. The van der Waals surface area contributed by atoms with Crippen LogP contribution < -0.4 is 0 Å². The zero-order valence-corrected chi connectivity index (χ0v) is 13.5. The quantitative estimate of drug-likeness (QED) is 0.750. The summed E-state index contributed by atoms with van der Waals surface area (Å²) in [5.74, 6) is -0.162.